The summed E-state index contributed by atoms with van der Waals surface area (Å²) in [4.78, 5) is 15.6. The van der Waals surface area contributed by atoms with Crippen LogP contribution in [0.5, 0.6) is 0 Å². The molecule has 0 aliphatic carbocycles. The second-order valence-corrected chi connectivity index (χ2v) is 15.5. The summed E-state index contributed by atoms with van der Waals surface area (Å²) in [5, 5.41) is 11.8. The van der Waals surface area contributed by atoms with Crippen LogP contribution >= 0.6 is 0 Å². The molecule has 0 atom stereocenters. The van der Waals surface area contributed by atoms with Crippen LogP contribution in [-0.2, 0) is 0 Å². The van der Waals surface area contributed by atoms with Gasteiger partial charge in [-0.05, 0) is 104 Å². The lowest BCUT2D eigenvalue weighted by atomic mass is 9.95. The van der Waals surface area contributed by atoms with Crippen LogP contribution in [0.1, 0.15) is 5.56 Å². The van der Waals surface area contributed by atoms with Crippen molar-refractivity contribution >= 4 is 21.9 Å². The van der Waals surface area contributed by atoms with Gasteiger partial charge < -0.3 is 4.42 Å². The molecule has 0 radical (unpaired) electrons. The molecule has 0 N–H and O–H groups in total. The van der Waals surface area contributed by atoms with Crippen LogP contribution in [0, 0.1) is 11.3 Å². The Morgan fingerprint density at radius 3 is 1.44 bits per heavy atom. The van der Waals surface area contributed by atoms with Gasteiger partial charge >= 0.3 is 0 Å². The average molecular weight is 805 g/mol. The lowest BCUT2D eigenvalue weighted by Gasteiger charge is -2.13. The van der Waals surface area contributed by atoms with E-state index in [-0.39, 0.29) is 0 Å². The Hall–Kier alpha value is -8.72. The van der Waals surface area contributed by atoms with Crippen LogP contribution in [0.4, 0.5) is 0 Å². The van der Waals surface area contributed by atoms with E-state index in [1.54, 1.807) is 0 Å². The lowest BCUT2D eigenvalue weighted by molar-refractivity contribution is 0.669. The summed E-state index contributed by atoms with van der Waals surface area (Å²) in [6.45, 7) is 0. The third-order valence-corrected chi connectivity index (χ3v) is 11.6. The van der Waals surface area contributed by atoms with Gasteiger partial charge in [-0.3, -0.25) is 0 Å². The predicted molar refractivity (Wildman–Crippen MR) is 255 cm³/mol. The van der Waals surface area contributed by atoms with Crippen molar-refractivity contribution in [2.24, 2.45) is 0 Å². The molecule has 63 heavy (non-hydrogen) atoms. The standard InChI is InChI=1S/C58H36N4O/c59-37-38-14-9-23-45(32-38)49-26-7-8-27-51(49)58-61-56(47-25-12-22-44(35-47)43-21-10-19-41(33-43)39-15-3-1-4-16-39)60-57(62-58)48-30-31-52-54(36-48)63-53-29-13-28-50(55(52)53)46-24-11-20-42(34-46)40-17-5-2-6-18-40/h1-36H. The van der Waals surface area contributed by atoms with E-state index in [9.17, 15) is 5.26 Å². The fourth-order valence-electron chi connectivity index (χ4n) is 8.49. The first-order chi connectivity index (χ1) is 31.1. The maximum absolute atomic E-state index is 9.76. The van der Waals surface area contributed by atoms with Crippen molar-refractivity contribution in [1.82, 2.24) is 15.0 Å². The van der Waals surface area contributed by atoms with E-state index in [2.05, 4.69) is 146 Å². The van der Waals surface area contributed by atoms with Crippen molar-refractivity contribution in [1.29, 1.82) is 5.26 Å². The molecule has 5 heteroatoms. The maximum atomic E-state index is 9.76. The molecule has 2 heterocycles. The molecular weight excluding hydrogens is 769 g/mol. The van der Waals surface area contributed by atoms with Crippen molar-refractivity contribution in [2.75, 3.05) is 0 Å². The monoisotopic (exact) mass is 804 g/mol. The van der Waals surface area contributed by atoms with E-state index in [0.717, 1.165) is 88.7 Å². The first-order valence-corrected chi connectivity index (χ1v) is 20.9. The van der Waals surface area contributed by atoms with Crippen LogP contribution in [0.3, 0.4) is 0 Å². The minimum absolute atomic E-state index is 0.519. The molecule has 294 valence electrons. The van der Waals surface area contributed by atoms with Gasteiger partial charge in [0.15, 0.2) is 17.5 Å². The van der Waals surface area contributed by atoms with Gasteiger partial charge in [0.25, 0.3) is 0 Å². The maximum Gasteiger partial charge on any atom is 0.164 e. The van der Waals surface area contributed by atoms with Crippen molar-refractivity contribution in [2.45, 2.75) is 0 Å². The SMILES string of the molecule is N#Cc1cccc(-c2ccccc2-c2nc(-c3cccc(-c4cccc(-c5ccccc5)c4)c3)nc(-c3ccc4c(c3)oc3cccc(-c5cccc(-c6ccccc6)c5)c34)n2)c1. The Labute approximate surface area is 364 Å². The van der Waals surface area contributed by atoms with Crippen molar-refractivity contribution in [3.63, 3.8) is 0 Å². The summed E-state index contributed by atoms with van der Waals surface area (Å²) in [6, 6.07) is 76.9. The highest BCUT2D eigenvalue weighted by atomic mass is 16.3. The zero-order chi connectivity index (χ0) is 42.1. The van der Waals surface area contributed by atoms with Crippen LogP contribution in [0.2, 0.25) is 0 Å². The van der Waals surface area contributed by atoms with Crippen molar-refractivity contribution < 1.29 is 4.42 Å². The second-order valence-electron chi connectivity index (χ2n) is 15.5. The molecule has 0 aliphatic rings. The number of nitrogens with zero attached hydrogens (tertiary/aromatic N) is 4. The number of nitriles is 1. The molecule has 0 saturated heterocycles. The number of fused-ring (bicyclic) bond motifs is 3. The summed E-state index contributed by atoms with van der Waals surface area (Å²) >= 11 is 0. The summed E-state index contributed by atoms with van der Waals surface area (Å²) in [6.07, 6.45) is 0. The van der Waals surface area contributed by atoms with E-state index in [4.69, 9.17) is 19.4 Å². The lowest BCUT2D eigenvalue weighted by Crippen LogP contribution is -2.01. The molecule has 11 rings (SSSR count). The van der Waals surface area contributed by atoms with E-state index >= 15 is 0 Å². The number of aromatic nitrogens is 3. The number of hydrogen-bond donors (Lipinski definition) is 0. The number of hydrogen-bond acceptors (Lipinski definition) is 5. The number of furan rings is 1. The summed E-state index contributed by atoms with van der Waals surface area (Å²) in [7, 11) is 0. The minimum atomic E-state index is 0.519. The highest BCUT2D eigenvalue weighted by molar-refractivity contribution is 6.13. The Morgan fingerprint density at radius 1 is 0.317 bits per heavy atom. The highest BCUT2D eigenvalue weighted by Crippen LogP contribution is 2.40. The quantitative estimate of drug-likeness (QED) is 0.153. The van der Waals surface area contributed by atoms with Gasteiger partial charge in [0.2, 0.25) is 0 Å². The van der Waals surface area contributed by atoms with Gasteiger partial charge in [-0.2, -0.15) is 5.26 Å². The molecule has 0 spiro atoms. The Bertz CT molecular complexity index is 3530. The van der Waals surface area contributed by atoms with E-state index < -0.39 is 0 Å². The topological polar surface area (TPSA) is 75.6 Å². The summed E-state index contributed by atoms with van der Waals surface area (Å²) in [5.74, 6) is 1.59. The van der Waals surface area contributed by atoms with Gasteiger partial charge in [-0.1, -0.05) is 170 Å². The summed E-state index contributed by atoms with van der Waals surface area (Å²) in [5.41, 5.74) is 15.5. The van der Waals surface area contributed by atoms with Crippen LogP contribution < -0.4 is 0 Å². The van der Waals surface area contributed by atoms with Gasteiger partial charge in [0.05, 0.1) is 11.6 Å². The molecular formula is C58H36N4O. The van der Waals surface area contributed by atoms with Gasteiger partial charge in [0, 0.05) is 27.5 Å². The highest BCUT2D eigenvalue weighted by Gasteiger charge is 2.19. The van der Waals surface area contributed by atoms with E-state index in [1.807, 2.05) is 78.9 Å². The molecule has 2 aromatic heterocycles. The number of rotatable bonds is 8. The van der Waals surface area contributed by atoms with E-state index in [1.165, 1.54) is 5.56 Å². The van der Waals surface area contributed by atoms with Crippen molar-refractivity contribution in [3.05, 3.63) is 224 Å². The van der Waals surface area contributed by atoms with Gasteiger partial charge in [0.1, 0.15) is 11.2 Å². The normalized spacial score (nSPS) is 11.2. The van der Waals surface area contributed by atoms with Crippen LogP contribution in [0.25, 0.3) is 112 Å². The zero-order valence-electron chi connectivity index (χ0n) is 34.0. The van der Waals surface area contributed by atoms with Gasteiger partial charge in [-0.15, -0.1) is 0 Å². The molecule has 0 aliphatic heterocycles. The molecule has 9 aromatic carbocycles. The predicted octanol–water partition coefficient (Wildman–Crippen LogP) is 15.0. The third kappa shape index (κ3) is 7.22. The molecule has 0 unspecified atom stereocenters. The first-order valence-electron chi connectivity index (χ1n) is 20.9. The molecule has 11 aromatic rings. The number of benzene rings is 9. The zero-order valence-corrected chi connectivity index (χ0v) is 34.0. The van der Waals surface area contributed by atoms with Crippen LogP contribution in [-0.4, -0.2) is 15.0 Å². The van der Waals surface area contributed by atoms with Crippen molar-refractivity contribution in [3.8, 4) is 95.9 Å². The molecule has 0 amide bonds. The van der Waals surface area contributed by atoms with Gasteiger partial charge in [-0.25, -0.2) is 15.0 Å². The smallest absolute Gasteiger partial charge is 0.164 e. The Morgan fingerprint density at radius 2 is 0.778 bits per heavy atom. The third-order valence-electron chi connectivity index (χ3n) is 11.6. The summed E-state index contributed by atoms with van der Waals surface area (Å²) < 4.78 is 6.63. The largest absolute Gasteiger partial charge is 0.456 e. The molecule has 0 fully saturated rings. The molecule has 0 saturated carbocycles. The Balaban J connectivity index is 1.05. The fourth-order valence-corrected chi connectivity index (χ4v) is 8.49. The average Bonchev–Trinajstić information content (AvgIpc) is 3.75. The molecule has 0 bridgehead atoms. The minimum Gasteiger partial charge on any atom is -0.456 e. The fraction of sp³-hybridized carbons (Fsp3) is 0. The first kappa shape index (κ1) is 37.3. The van der Waals surface area contributed by atoms with E-state index in [0.29, 0.717) is 23.0 Å². The second kappa shape index (κ2) is 16.0. The Kier molecular flexibility index (Phi) is 9.50. The molecule has 5 nitrogen and oxygen atoms in total. The van der Waals surface area contributed by atoms with Crippen LogP contribution in [0.15, 0.2) is 223 Å².